The molecule has 1 atom stereocenters. The number of nitrogens with zero attached hydrogens (tertiary/aromatic N) is 2. The van der Waals surface area contributed by atoms with E-state index in [1.165, 1.54) is 5.56 Å². The SMILES string of the molecule is CCNC(=NCCc1cccc(OC)c1)N1CCCC(CC(N)=O)C1. The summed E-state index contributed by atoms with van der Waals surface area (Å²) in [4.78, 5) is 18.2. The van der Waals surface area contributed by atoms with Gasteiger partial charge >= 0.3 is 0 Å². The average molecular weight is 346 g/mol. The van der Waals surface area contributed by atoms with Gasteiger partial charge in [0.25, 0.3) is 0 Å². The Morgan fingerprint density at radius 3 is 3.04 bits per heavy atom. The number of benzene rings is 1. The molecule has 1 aromatic carbocycles. The van der Waals surface area contributed by atoms with E-state index < -0.39 is 0 Å². The molecular weight excluding hydrogens is 316 g/mol. The molecule has 2 rings (SSSR count). The zero-order chi connectivity index (χ0) is 18.1. The summed E-state index contributed by atoms with van der Waals surface area (Å²) in [6.07, 6.45) is 3.45. The maximum absolute atomic E-state index is 11.2. The number of primary amides is 1. The number of carbonyl (C=O) groups excluding carboxylic acids is 1. The van der Waals surface area contributed by atoms with Crippen molar-refractivity contribution in [1.82, 2.24) is 10.2 Å². The lowest BCUT2D eigenvalue weighted by molar-refractivity contribution is -0.119. The highest BCUT2D eigenvalue weighted by Gasteiger charge is 2.23. The fraction of sp³-hybridized carbons (Fsp3) is 0.579. The average Bonchev–Trinajstić information content (AvgIpc) is 2.61. The van der Waals surface area contributed by atoms with E-state index in [0.717, 1.165) is 50.6 Å². The number of carbonyl (C=O) groups is 1. The van der Waals surface area contributed by atoms with Crippen LogP contribution in [0.15, 0.2) is 29.3 Å². The molecule has 1 amide bonds. The number of rotatable bonds is 7. The summed E-state index contributed by atoms with van der Waals surface area (Å²) in [6, 6.07) is 8.09. The first-order valence-electron chi connectivity index (χ1n) is 9.06. The maximum Gasteiger partial charge on any atom is 0.217 e. The van der Waals surface area contributed by atoms with E-state index in [-0.39, 0.29) is 5.91 Å². The van der Waals surface area contributed by atoms with Gasteiger partial charge in [-0.05, 0) is 49.8 Å². The summed E-state index contributed by atoms with van der Waals surface area (Å²) in [5.74, 6) is 1.92. The molecule has 25 heavy (non-hydrogen) atoms. The Kier molecular flexibility index (Phi) is 7.57. The molecule has 1 saturated heterocycles. The lowest BCUT2D eigenvalue weighted by Gasteiger charge is -2.34. The number of likely N-dealkylation sites (tertiary alicyclic amines) is 1. The third kappa shape index (κ3) is 6.29. The second-order valence-electron chi connectivity index (χ2n) is 6.46. The van der Waals surface area contributed by atoms with E-state index >= 15 is 0 Å². The smallest absolute Gasteiger partial charge is 0.217 e. The van der Waals surface area contributed by atoms with Crippen LogP contribution in [0, 0.1) is 5.92 Å². The third-order valence-electron chi connectivity index (χ3n) is 4.44. The minimum atomic E-state index is -0.216. The van der Waals surface area contributed by atoms with Crippen molar-refractivity contribution in [3.63, 3.8) is 0 Å². The molecule has 0 radical (unpaired) electrons. The van der Waals surface area contributed by atoms with Gasteiger partial charge in [0, 0.05) is 32.6 Å². The van der Waals surface area contributed by atoms with Crippen molar-refractivity contribution in [2.75, 3.05) is 33.3 Å². The van der Waals surface area contributed by atoms with Gasteiger partial charge in [-0.3, -0.25) is 9.79 Å². The summed E-state index contributed by atoms with van der Waals surface area (Å²) < 4.78 is 5.27. The minimum Gasteiger partial charge on any atom is -0.497 e. The first-order chi connectivity index (χ1) is 12.1. The molecule has 0 aromatic heterocycles. The van der Waals surface area contributed by atoms with E-state index in [9.17, 15) is 4.79 Å². The fourth-order valence-electron chi connectivity index (χ4n) is 3.25. The molecule has 1 unspecified atom stereocenters. The topological polar surface area (TPSA) is 80.0 Å². The number of piperidine rings is 1. The second-order valence-corrected chi connectivity index (χ2v) is 6.46. The van der Waals surface area contributed by atoms with Crippen molar-refractivity contribution < 1.29 is 9.53 Å². The van der Waals surface area contributed by atoms with Crippen molar-refractivity contribution >= 4 is 11.9 Å². The zero-order valence-electron chi connectivity index (χ0n) is 15.3. The van der Waals surface area contributed by atoms with Crippen LogP contribution in [0.1, 0.15) is 31.7 Å². The van der Waals surface area contributed by atoms with Gasteiger partial charge in [0.2, 0.25) is 5.91 Å². The number of nitrogens with two attached hydrogens (primary N) is 1. The number of ether oxygens (including phenoxy) is 1. The van der Waals surface area contributed by atoms with Crippen LogP contribution in [0.25, 0.3) is 0 Å². The van der Waals surface area contributed by atoms with Gasteiger partial charge in [-0.25, -0.2) is 0 Å². The molecule has 1 fully saturated rings. The summed E-state index contributed by atoms with van der Waals surface area (Å²) in [7, 11) is 1.68. The van der Waals surface area contributed by atoms with E-state index in [1.54, 1.807) is 7.11 Å². The highest BCUT2D eigenvalue weighted by molar-refractivity contribution is 5.80. The molecule has 6 nitrogen and oxygen atoms in total. The quantitative estimate of drug-likeness (QED) is 0.583. The normalized spacial score (nSPS) is 18.1. The van der Waals surface area contributed by atoms with Crippen LogP contribution >= 0.6 is 0 Å². The molecule has 1 aliphatic rings. The second kappa shape index (κ2) is 9.91. The Bertz CT molecular complexity index is 589. The molecule has 0 aliphatic carbocycles. The zero-order valence-corrected chi connectivity index (χ0v) is 15.3. The first kappa shape index (κ1) is 19.1. The molecule has 6 heteroatoms. The number of amides is 1. The van der Waals surface area contributed by atoms with Crippen LogP contribution in [0.5, 0.6) is 5.75 Å². The van der Waals surface area contributed by atoms with Gasteiger partial charge in [0.1, 0.15) is 5.75 Å². The third-order valence-corrected chi connectivity index (χ3v) is 4.44. The Morgan fingerprint density at radius 1 is 1.48 bits per heavy atom. The fourth-order valence-corrected chi connectivity index (χ4v) is 3.25. The van der Waals surface area contributed by atoms with Crippen LogP contribution in [-0.4, -0.2) is 50.1 Å². The molecule has 0 saturated carbocycles. The van der Waals surface area contributed by atoms with Gasteiger partial charge in [0.15, 0.2) is 5.96 Å². The van der Waals surface area contributed by atoms with Crippen LogP contribution in [-0.2, 0) is 11.2 Å². The molecule has 1 heterocycles. The van der Waals surface area contributed by atoms with Crippen molar-refractivity contribution in [2.45, 2.75) is 32.6 Å². The number of aliphatic imine (C=N–C) groups is 1. The minimum absolute atomic E-state index is 0.216. The first-order valence-corrected chi connectivity index (χ1v) is 9.06. The summed E-state index contributed by atoms with van der Waals surface area (Å²) in [6.45, 7) is 5.43. The Labute approximate surface area is 150 Å². The number of nitrogens with one attached hydrogen (secondary N) is 1. The van der Waals surface area contributed by atoms with E-state index in [0.29, 0.717) is 18.9 Å². The Morgan fingerprint density at radius 2 is 2.32 bits per heavy atom. The summed E-state index contributed by atoms with van der Waals surface area (Å²) >= 11 is 0. The largest absolute Gasteiger partial charge is 0.497 e. The molecule has 138 valence electrons. The molecule has 1 aliphatic heterocycles. The number of methoxy groups -OCH3 is 1. The highest BCUT2D eigenvalue weighted by atomic mass is 16.5. The van der Waals surface area contributed by atoms with Crippen molar-refractivity contribution in [3.8, 4) is 5.75 Å². The molecule has 0 spiro atoms. The van der Waals surface area contributed by atoms with Gasteiger partial charge in [-0.1, -0.05) is 12.1 Å². The predicted molar refractivity (Wildman–Crippen MR) is 101 cm³/mol. The lowest BCUT2D eigenvalue weighted by Crippen LogP contribution is -2.47. The van der Waals surface area contributed by atoms with Gasteiger partial charge in [0.05, 0.1) is 7.11 Å². The summed E-state index contributed by atoms with van der Waals surface area (Å²) in [5, 5.41) is 3.37. The van der Waals surface area contributed by atoms with E-state index in [2.05, 4.69) is 23.2 Å². The Balaban J connectivity index is 1.96. The van der Waals surface area contributed by atoms with Gasteiger partial charge in [-0.15, -0.1) is 0 Å². The predicted octanol–water partition coefficient (Wildman–Crippen LogP) is 1.79. The van der Waals surface area contributed by atoms with Crippen molar-refractivity contribution in [3.05, 3.63) is 29.8 Å². The standard InChI is InChI=1S/C19H30N4O2/c1-3-21-19(23-11-5-7-16(14-23)13-18(20)24)22-10-9-15-6-4-8-17(12-15)25-2/h4,6,8,12,16H,3,5,7,9-11,13-14H2,1-2H3,(H2,20,24)(H,21,22). The van der Waals surface area contributed by atoms with Crippen LogP contribution in [0.2, 0.25) is 0 Å². The lowest BCUT2D eigenvalue weighted by atomic mass is 9.95. The van der Waals surface area contributed by atoms with Crippen LogP contribution < -0.4 is 15.8 Å². The molecule has 1 aromatic rings. The molecule has 0 bridgehead atoms. The van der Waals surface area contributed by atoms with Gasteiger partial charge in [-0.2, -0.15) is 0 Å². The summed E-state index contributed by atoms with van der Waals surface area (Å²) in [5.41, 5.74) is 6.57. The number of hydrogen-bond acceptors (Lipinski definition) is 3. The highest BCUT2D eigenvalue weighted by Crippen LogP contribution is 2.19. The monoisotopic (exact) mass is 346 g/mol. The van der Waals surface area contributed by atoms with Crippen molar-refractivity contribution in [1.29, 1.82) is 0 Å². The molecule has 3 N–H and O–H groups in total. The van der Waals surface area contributed by atoms with Crippen molar-refractivity contribution in [2.24, 2.45) is 16.6 Å². The maximum atomic E-state index is 11.2. The Hall–Kier alpha value is -2.24. The van der Waals surface area contributed by atoms with Gasteiger partial charge < -0.3 is 20.7 Å². The molecular formula is C19H30N4O2. The number of guanidine groups is 1. The van der Waals surface area contributed by atoms with Crippen LogP contribution in [0.3, 0.4) is 0 Å². The van der Waals surface area contributed by atoms with E-state index in [1.807, 2.05) is 18.2 Å². The van der Waals surface area contributed by atoms with Crippen LogP contribution in [0.4, 0.5) is 0 Å². The number of hydrogen-bond donors (Lipinski definition) is 2. The van der Waals surface area contributed by atoms with E-state index in [4.69, 9.17) is 15.5 Å².